The van der Waals surface area contributed by atoms with Crippen LogP contribution in [0.25, 0.3) is 0 Å². The van der Waals surface area contributed by atoms with E-state index in [1.54, 1.807) is 0 Å². The van der Waals surface area contributed by atoms with Crippen LogP contribution in [0, 0.1) is 0 Å². The van der Waals surface area contributed by atoms with Gasteiger partial charge in [0, 0.05) is 0 Å². The van der Waals surface area contributed by atoms with Crippen molar-refractivity contribution in [2.75, 3.05) is 13.7 Å². The van der Waals surface area contributed by atoms with Gasteiger partial charge in [-0.25, -0.2) is 5.48 Å². The van der Waals surface area contributed by atoms with E-state index in [0.717, 1.165) is 0 Å². The largest absolute Gasteiger partial charge is 0.470 e. The average molecular weight is 135 g/mol. The standard InChI is InChI=1S/C4H9NO2S/c1-3-7-4(8)5-6-2/h3H2,1-2H3,(H,5,8). The Labute approximate surface area is 53.9 Å². The minimum absolute atomic E-state index is 0.273. The first-order valence-corrected chi connectivity index (χ1v) is 2.67. The van der Waals surface area contributed by atoms with Gasteiger partial charge in [0.15, 0.2) is 0 Å². The monoisotopic (exact) mass is 135 g/mol. The summed E-state index contributed by atoms with van der Waals surface area (Å²) in [6.45, 7) is 2.42. The lowest BCUT2D eigenvalue weighted by Gasteiger charge is -2.02. The Bertz CT molecular complexity index is 68.4. The molecule has 0 saturated carbocycles. The average Bonchev–Trinajstić information content (AvgIpc) is 1.68. The number of hydrogen-bond acceptors (Lipinski definition) is 3. The Morgan fingerprint density at radius 3 is 2.75 bits per heavy atom. The van der Waals surface area contributed by atoms with Crippen LogP contribution in [-0.4, -0.2) is 18.9 Å². The highest BCUT2D eigenvalue weighted by Gasteiger charge is 1.88. The number of hydroxylamine groups is 1. The topological polar surface area (TPSA) is 30.5 Å². The number of thiocarbonyl (C=S) groups is 1. The highest BCUT2D eigenvalue weighted by molar-refractivity contribution is 7.80. The van der Waals surface area contributed by atoms with E-state index in [4.69, 9.17) is 4.74 Å². The molecule has 0 aliphatic rings. The van der Waals surface area contributed by atoms with Crippen molar-refractivity contribution in [3.63, 3.8) is 0 Å². The molecule has 0 bridgehead atoms. The van der Waals surface area contributed by atoms with Gasteiger partial charge in [0.25, 0.3) is 5.17 Å². The van der Waals surface area contributed by atoms with Crippen molar-refractivity contribution in [3.05, 3.63) is 0 Å². The highest BCUT2D eigenvalue weighted by atomic mass is 32.1. The predicted molar refractivity (Wildman–Crippen MR) is 34.4 cm³/mol. The third-order valence-electron chi connectivity index (χ3n) is 0.461. The normalized spacial score (nSPS) is 8.25. The van der Waals surface area contributed by atoms with Crippen LogP contribution < -0.4 is 5.48 Å². The summed E-state index contributed by atoms with van der Waals surface area (Å²) in [6, 6.07) is 0. The van der Waals surface area contributed by atoms with E-state index in [-0.39, 0.29) is 5.17 Å². The molecule has 0 aromatic carbocycles. The zero-order valence-electron chi connectivity index (χ0n) is 4.93. The van der Waals surface area contributed by atoms with Gasteiger partial charge in [0.2, 0.25) is 0 Å². The maximum absolute atomic E-state index is 4.78. The van der Waals surface area contributed by atoms with Gasteiger partial charge in [-0.2, -0.15) is 0 Å². The Hall–Kier alpha value is -0.350. The van der Waals surface area contributed by atoms with Crippen molar-refractivity contribution in [2.24, 2.45) is 0 Å². The zero-order valence-corrected chi connectivity index (χ0v) is 5.75. The molecule has 8 heavy (non-hydrogen) atoms. The predicted octanol–water partition coefficient (Wildman–Crippen LogP) is 0.459. The van der Waals surface area contributed by atoms with Crippen LogP contribution in [0.1, 0.15) is 6.92 Å². The van der Waals surface area contributed by atoms with Gasteiger partial charge in [-0.05, 0) is 19.1 Å². The minimum atomic E-state index is 0.273. The fraction of sp³-hybridized carbons (Fsp3) is 0.750. The van der Waals surface area contributed by atoms with E-state index in [0.29, 0.717) is 6.61 Å². The summed E-state index contributed by atoms with van der Waals surface area (Å²) >= 11 is 4.59. The lowest BCUT2D eigenvalue weighted by Crippen LogP contribution is -2.22. The van der Waals surface area contributed by atoms with E-state index in [9.17, 15) is 0 Å². The first-order valence-electron chi connectivity index (χ1n) is 2.27. The van der Waals surface area contributed by atoms with Gasteiger partial charge in [0.05, 0.1) is 13.7 Å². The van der Waals surface area contributed by atoms with Gasteiger partial charge >= 0.3 is 0 Å². The molecule has 0 atom stereocenters. The molecule has 0 rings (SSSR count). The molecule has 0 heterocycles. The molecule has 0 radical (unpaired) electrons. The maximum Gasteiger partial charge on any atom is 0.281 e. The second kappa shape index (κ2) is 4.80. The molecular formula is C4H9NO2S. The lowest BCUT2D eigenvalue weighted by atomic mass is 10.9. The van der Waals surface area contributed by atoms with Gasteiger partial charge in [0.1, 0.15) is 0 Å². The lowest BCUT2D eigenvalue weighted by molar-refractivity contribution is 0.120. The number of hydrogen-bond donors (Lipinski definition) is 1. The van der Waals surface area contributed by atoms with Crippen LogP contribution in [0.4, 0.5) is 0 Å². The van der Waals surface area contributed by atoms with E-state index >= 15 is 0 Å². The Morgan fingerprint density at radius 2 is 2.38 bits per heavy atom. The molecule has 0 amide bonds. The number of rotatable bonds is 2. The molecule has 0 aromatic heterocycles. The van der Waals surface area contributed by atoms with Crippen molar-refractivity contribution >= 4 is 17.4 Å². The molecule has 0 fully saturated rings. The van der Waals surface area contributed by atoms with Crippen molar-refractivity contribution in [3.8, 4) is 0 Å². The van der Waals surface area contributed by atoms with E-state index in [1.165, 1.54) is 7.11 Å². The molecule has 0 spiro atoms. The molecular weight excluding hydrogens is 126 g/mol. The summed E-state index contributed by atoms with van der Waals surface area (Å²) in [5, 5.41) is 0.273. The molecule has 0 saturated heterocycles. The van der Waals surface area contributed by atoms with Crippen molar-refractivity contribution in [2.45, 2.75) is 6.92 Å². The Balaban J connectivity index is 3.06. The molecule has 1 N–H and O–H groups in total. The maximum atomic E-state index is 4.78. The van der Waals surface area contributed by atoms with Gasteiger partial charge < -0.3 is 4.74 Å². The molecule has 4 heteroatoms. The fourth-order valence-corrected chi connectivity index (χ4v) is 0.445. The summed E-state index contributed by atoms with van der Waals surface area (Å²) in [6.07, 6.45) is 0. The third-order valence-corrected chi connectivity index (χ3v) is 0.662. The Kier molecular flexibility index (Phi) is 4.59. The summed E-state index contributed by atoms with van der Waals surface area (Å²) < 4.78 is 4.78. The molecule has 0 aliphatic carbocycles. The van der Waals surface area contributed by atoms with Crippen LogP contribution in [0.3, 0.4) is 0 Å². The SMILES string of the molecule is CCOC(=S)NOC. The van der Waals surface area contributed by atoms with Gasteiger partial charge in [-0.1, -0.05) is 0 Å². The van der Waals surface area contributed by atoms with Crippen LogP contribution in [0.15, 0.2) is 0 Å². The van der Waals surface area contributed by atoms with Crippen LogP contribution in [-0.2, 0) is 9.57 Å². The molecule has 48 valence electrons. The van der Waals surface area contributed by atoms with E-state index in [1.807, 2.05) is 6.92 Å². The minimum Gasteiger partial charge on any atom is -0.470 e. The van der Waals surface area contributed by atoms with Crippen LogP contribution in [0.2, 0.25) is 0 Å². The van der Waals surface area contributed by atoms with E-state index < -0.39 is 0 Å². The molecule has 3 nitrogen and oxygen atoms in total. The highest BCUT2D eigenvalue weighted by Crippen LogP contribution is 1.74. The number of nitrogens with one attached hydrogen (secondary N) is 1. The van der Waals surface area contributed by atoms with Gasteiger partial charge in [-0.15, -0.1) is 0 Å². The first kappa shape index (κ1) is 7.65. The summed E-state index contributed by atoms with van der Waals surface area (Å²) in [7, 11) is 1.48. The zero-order chi connectivity index (χ0) is 6.41. The quantitative estimate of drug-likeness (QED) is 0.440. The van der Waals surface area contributed by atoms with E-state index in [2.05, 4.69) is 22.5 Å². The molecule has 0 unspecified atom stereocenters. The Morgan fingerprint density at radius 1 is 1.75 bits per heavy atom. The summed E-state index contributed by atoms with van der Waals surface area (Å²) in [5.41, 5.74) is 2.36. The molecule has 0 aromatic rings. The second-order valence-electron chi connectivity index (χ2n) is 1.03. The van der Waals surface area contributed by atoms with Crippen molar-refractivity contribution < 1.29 is 9.57 Å². The second-order valence-corrected chi connectivity index (χ2v) is 1.40. The van der Waals surface area contributed by atoms with Crippen molar-refractivity contribution in [1.82, 2.24) is 5.48 Å². The number of ether oxygens (including phenoxy) is 1. The third kappa shape index (κ3) is 3.83. The smallest absolute Gasteiger partial charge is 0.281 e. The first-order chi connectivity index (χ1) is 3.81. The van der Waals surface area contributed by atoms with Crippen LogP contribution >= 0.6 is 12.2 Å². The summed E-state index contributed by atoms with van der Waals surface area (Å²) in [5.74, 6) is 0. The summed E-state index contributed by atoms with van der Waals surface area (Å²) in [4.78, 5) is 4.44. The fourth-order valence-electron chi connectivity index (χ4n) is 0.244. The van der Waals surface area contributed by atoms with Gasteiger partial charge in [-0.3, -0.25) is 4.84 Å². The van der Waals surface area contributed by atoms with Crippen LogP contribution in [0.5, 0.6) is 0 Å². The van der Waals surface area contributed by atoms with Crippen molar-refractivity contribution in [1.29, 1.82) is 0 Å². The molecule has 0 aliphatic heterocycles.